The van der Waals surface area contributed by atoms with Crippen LogP contribution in [0.5, 0.6) is 0 Å². The predicted molar refractivity (Wildman–Crippen MR) is 49.1 cm³/mol. The number of thiazole rings is 1. The number of hydrogen-bond acceptors (Lipinski definition) is 5. The van der Waals surface area contributed by atoms with Crippen LogP contribution in [0.1, 0.15) is 6.92 Å². The number of anilines is 1. The molecular weight excluding hydrogens is 178 g/mol. The van der Waals surface area contributed by atoms with E-state index in [0.717, 1.165) is 10.8 Å². The number of aromatic nitrogens is 1. The number of rotatable bonds is 1. The highest BCUT2D eigenvalue weighted by Crippen LogP contribution is 2.27. The van der Waals surface area contributed by atoms with E-state index < -0.39 is 0 Å². The van der Waals surface area contributed by atoms with E-state index in [-0.39, 0.29) is 0 Å². The van der Waals surface area contributed by atoms with E-state index in [1.165, 1.54) is 0 Å². The van der Waals surface area contributed by atoms with Gasteiger partial charge in [-0.1, -0.05) is 0 Å². The summed E-state index contributed by atoms with van der Waals surface area (Å²) in [4.78, 5) is 4.16. The molecule has 5 heteroatoms. The molecule has 1 aromatic rings. The lowest BCUT2D eigenvalue weighted by molar-refractivity contribution is 0.903. The minimum Gasteiger partial charge on any atom is -0.290 e. The Morgan fingerprint density at radius 3 is 3.09 bits per heavy atom. The molecule has 1 aromatic heterocycles. The van der Waals surface area contributed by atoms with Crippen LogP contribution in [-0.4, -0.2) is 4.98 Å². The monoisotopic (exact) mass is 185 g/mol. The molecule has 0 radical (unpaired) electrons. The summed E-state index contributed by atoms with van der Waals surface area (Å²) in [5.74, 6) is 0. The Morgan fingerprint density at radius 2 is 2.55 bits per heavy atom. The van der Waals surface area contributed by atoms with Gasteiger partial charge in [-0.2, -0.15) is 4.41 Å². The van der Waals surface area contributed by atoms with Crippen LogP contribution in [0.3, 0.4) is 0 Å². The third-order valence-corrected chi connectivity index (χ3v) is 3.01. The second kappa shape index (κ2) is 2.75. The zero-order valence-electron chi connectivity index (χ0n) is 5.94. The van der Waals surface area contributed by atoms with Gasteiger partial charge in [-0.05, 0) is 6.92 Å². The van der Waals surface area contributed by atoms with Gasteiger partial charge in [0, 0.05) is 34.6 Å². The average Bonchev–Trinajstić information content (AvgIpc) is 2.55. The third-order valence-electron chi connectivity index (χ3n) is 1.21. The van der Waals surface area contributed by atoms with Crippen molar-refractivity contribution in [2.45, 2.75) is 6.92 Å². The summed E-state index contributed by atoms with van der Waals surface area (Å²) in [7, 11) is 0. The molecule has 0 spiro atoms. The molecule has 0 saturated carbocycles. The molecule has 1 N–H and O–H groups in total. The summed E-state index contributed by atoms with van der Waals surface area (Å²) >= 11 is 3.24. The molecular formula is C6H7N3S2. The van der Waals surface area contributed by atoms with Crippen LogP contribution in [0.15, 0.2) is 22.7 Å². The maximum Gasteiger partial charge on any atom is 0.215 e. The number of hydrazine groups is 1. The molecule has 2 rings (SSSR count). The number of allylic oxidation sites excluding steroid dienone is 1. The van der Waals surface area contributed by atoms with Gasteiger partial charge in [0.15, 0.2) is 0 Å². The quantitative estimate of drug-likeness (QED) is 0.677. The van der Waals surface area contributed by atoms with E-state index in [0.29, 0.717) is 0 Å². The molecule has 0 atom stereocenters. The Labute approximate surface area is 73.2 Å². The summed E-state index contributed by atoms with van der Waals surface area (Å²) in [6.45, 7) is 2.03. The topological polar surface area (TPSA) is 28.2 Å². The van der Waals surface area contributed by atoms with Crippen LogP contribution in [-0.2, 0) is 0 Å². The molecule has 0 bridgehead atoms. The van der Waals surface area contributed by atoms with Crippen LogP contribution in [0.25, 0.3) is 0 Å². The number of nitrogens with one attached hydrogen (secondary N) is 1. The van der Waals surface area contributed by atoms with Gasteiger partial charge in [0.05, 0.1) is 0 Å². The van der Waals surface area contributed by atoms with Crippen molar-refractivity contribution in [3.8, 4) is 0 Å². The summed E-state index contributed by atoms with van der Waals surface area (Å²) < 4.78 is 1.94. The Hall–Kier alpha value is -0.680. The first-order chi connectivity index (χ1) is 5.36. The second-order valence-corrected chi connectivity index (χ2v) is 3.81. The van der Waals surface area contributed by atoms with Crippen molar-refractivity contribution in [2.24, 2.45) is 0 Å². The molecule has 3 nitrogen and oxygen atoms in total. The molecule has 2 heterocycles. The van der Waals surface area contributed by atoms with Crippen LogP contribution in [0.2, 0.25) is 0 Å². The summed E-state index contributed by atoms with van der Waals surface area (Å²) in [5.41, 5.74) is 4.32. The molecule has 0 amide bonds. The minimum atomic E-state index is 0.989. The van der Waals surface area contributed by atoms with Crippen molar-refractivity contribution >= 4 is 28.4 Å². The predicted octanol–water partition coefficient (Wildman–Crippen LogP) is 1.98. The first-order valence-electron chi connectivity index (χ1n) is 3.16. The van der Waals surface area contributed by atoms with Crippen molar-refractivity contribution in [3.63, 3.8) is 0 Å². The van der Waals surface area contributed by atoms with E-state index in [4.69, 9.17) is 0 Å². The normalized spacial score (nSPS) is 16.5. The van der Waals surface area contributed by atoms with Gasteiger partial charge in [-0.15, -0.1) is 11.3 Å². The fourth-order valence-electron chi connectivity index (χ4n) is 0.754. The lowest BCUT2D eigenvalue weighted by Gasteiger charge is -2.12. The maximum atomic E-state index is 4.16. The van der Waals surface area contributed by atoms with Crippen molar-refractivity contribution in [2.75, 3.05) is 4.41 Å². The van der Waals surface area contributed by atoms with E-state index in [1.807, 2.05) is 16.7 Å². The Bertz CT molecular complexity index is 267. The molecule has 58 valence electrons. The van der Waals surface area contributed by atoms with E-state index in [2.05, 4.69) is 15.8 Å². The highest BCUT2D eigenvalue weighted by atomic mass is 32.2. The fraction of sp³-hybridized carbons (Fsp3) is 0.167. The van der Waals surface area contributed by atoms with Crippen molar-refractivity contribution in [3.05, 3.63) is 22.7 Å². The molecule has 0 unspecified atom stereocenters. The molecule has 0 aliphatic carbocycles. The fourth-order valence-corrected chi connectivity index (χ4v) is 2.17. The molecule has 11 heavy (non-hydrogen) atoms. The smallest absolute Gasteiger partial charge is 0.215 e. The Balaban J connectivity index is 2.11. The molecule has 1 aliphatic heterocycles. The van der Waals surface area contributed by atoms with E-state index >= 15 is 0 Å². The van der Waals surface area contributed by atoms with Crippen LogP contribution < -0.4 is 9.84 Å². The average molecular weight is 185 g/mol. The van der Waals surface area contributed by atoms with Crippen LogP contribution in [0, 0.1) is 0 Å². The van der Waals surface area contributed by atoms with E-state index in [1.54, 1.807) is 29.5 Å². The van der Waals surface area contributed by atoms with Gasteiger partial charge < -0.3 is 0 Å². The van der Waals surface area contributed by atoms with Gasteiger partial charge in [0.2, 0.25) is 5.13 Å². The number of nitrogens with zero attached hydrogens (tertiary/aromatic N) is 2. The van der Waals surface area contributed by atoms with Gasteiger partial charge in [0.25, 0.3) is 0 Å². The maximum absolute atomic E-state index is 4.16. The van der Waals surface area contributed by atoms with Gasteiger partial charge in [0.1, 0.15) is 0 Å². The summed E-state index contributed by atoms with van der Waals surface area (Å²) in [6.07, 6.45) is 1.80. The number of hydrogen-bond donors (Lipinski definition) is 1. The highest BCUT2D eigenvalue weighted by Gasteiger charge is 2.13. The second-order valence-electron chi connectivity index (χ2n) is 2.13. The summed E-state index contributed by atoms with van der Waals surface area (Å²) in [5, 5.41) is 5.01. The molecule has 1 aliphatic rings. The highest BCUT2D eigenvalue weighted by molar-refractivity contribution is 8.03. The zero-order valence-corrected chi connectivity index (χ0v) is 7.58. The Kier molecular flexibility index (Phi) is 1.75. The van der Waals surface area contributed by atoms with Crippen molar-refractivity contribution in [1.82, 2.24) is 10.4 Å². The molecule has 0 fully saturated rings. The lowest BCUT2D eigenvalue weighted by atomic mass is 10.6. The SMILES string of the molecule is CC1=CSN(c2nccs2)N1. The molecule has 0 saturated heterocycles. The van der Waals surface area contributed by atoms with E-state index in [9.17, 15) is 0 Å². The van der Waals surface area contributed by atoms with Crippen molar-refractivity contribution in [1.29, 1.82) is 0 Å². The van der Waals surface area contributed by atoms with Gasteiger partial charge in [-0.25, -0.2) is 4.98 Å². The minimum absolute atomic E-state index is 0.989. The van der Waals surface area contributed by atoms with Crippen LogP contribution >= 0.6 is 23.3 Å². The largest absolute Gasteiger partial charge is 0.290 e. The first-order valence-corrected chi connectivity index (χ1v) is 4.88. The van der Waals surface area contributed by atoms with Gasteiger partial charge >= 0.3 is 0 Å². The standard InChI is InChI=1S/C6H7N3S2/c1-5-4-11-9(8-5)6-7-2-3-10-6/h2-4,8H,1H3. The molecule has 0 aromatic carbocycles. The zero-order chi connectivity index (χ0) is 7.68. The lowest BCUT2D eigenvalue weighted by Crippen LogP contribution is -2.24. The third kappa shape index (κ3) is 1.34. The van der Waals surface area contributed by atoms with Gasteiger partial charge in [-0.3, -0.25) is 5.43 Å². The Morgan fingerprint density at radius 1 is 1.64 bits per heavy atom. The van der Waals surface area contributed by atoms with Crippen LogP contribution in [0.4, 0.5) is 5.13 Å². The summed E-state index contributed by atoms with van der Waals surface area (Å²) in [6, 6.07) is 0. The first kappa shape index (κ1) is 7.00. The van der Waals surface area contributed by atoms with Crippen molar-refractivity contribution < 1.29 is 0 Å².